The average molecular weight is 399 g/mol. The first kappa shape index (κ1) is 17.5. The Balaban J connectivity index is 2.03. The van der Waals surface area contributed by atoms with Gasteiger partial charge in [-0.2, -0.15) is 10.3 Å². The number of hydrogen-bond acceptors (Lipinski definition) is 4. The maximum absolute atomic E-state index is 9.06. The van der Waals surface area contributed by atoms with E-state index in [0.29, 0.717) is 6.61 Å². The van der Waals surface area contributed by atoms with Crippen LogP contribution in [0.15, 0.2) is 45.9 Å². The SMILES string of the molecule is COc1cccc2c1CCCCC(=NC#N)c1cc(Br)ccc1OC2. The number of aliphatic imine (C=N–C) groups is 1. The minimum absolute atomic E-state index is 0.459. The molecule has 1 aliphatic rings. The van der Waals surface area contributed by atoms with Gasteiger partial charge in [-0.15, -0.1) is 0 Å². The quantitative estimate of drug-likeness (QED) is 0.632. The van der Waals surface area contributed by atoms with Gasteiger partial charge >= 0.3 is 0 Å². The lowest BCUT2D eigenvalue weighted by atomic mass is 9.99. The number of ether oxygens (including phenoxy) is 2. The van der Waals surface area contributed by atoms with Gasteiger partial charge in [-0.1, -0.05) is 28.1 Å². The van der Waals surface area contributed by atoms with Crippen LogP contribution in [0.3, 0.4) is 0 Å². The van der Waals surface area contributed by atoms with Crippen LogP contribution in [0, 0.1) is 11.5 Å². The Morgan fingerprint density at radius 3 is 2.84 bits per heavy atom. The molecule has 0 aliphatic carbocycles. The molecule has 128 valence electrons. The fraction of sp³-hybridized carbons (Fsp3) is 0.300. The fourth-order valence-electron chi connectivity index (χ4n) is 3.14. The summed E-state index contributed by atoms with van der Waals surface area (Å²) >= 11 is 3.50. The molecule has 0 atom stereocenters. The van der Waals surface area contributed by atoms with Gasteiger partial charge in [0.1, 0.15) is 18.1 Å². The Kier molecular flexibility index (Phi) is 5.72. The van der Waals surface area contributed by atoms with Gasteiger partial charge in [0, 0.05) is 15.6 Å². The highest BCUT2D eigenvalue weighted by Crippen LogP contribution is 2.30. The Morgan fingerprint density at radius 1 is 1.20 bits per heavy atom. The topological polar surface area (TPSA) is 54.6 Å². The van der Waals surface area contributed by atoms with Gasteiger partial charge in [-0.05, 0) is 55.5 Å². The predicted octanol–water partition coefficient (Wildman–Crippen LogP) is 5.03. The average Bonchev–Trinajstić information content (AvgIpc) is 2.66. The van der Waals surface area contributed by atoms with Crippen LogP contribution < -0.4 is 9.47 Å². The van der Waals surface area contributed by atoms with Crippen molar-refractivity contribution >= 4 is 21.6 Å². The van der Waals surface area contributed by atoms with Gasteiger partial charge in [0.25, 0.3) is 0 Å². The van der Waals surface area contributed by atoms with Gasteiger partial charge in [-0.3, -0.25) is 0 Å². The number of methoxy groups -OCH3 is 1. The van der Waals surface area contributed by atoms with Crippen molar-refractivity contribution in [1.29, 1.82) is 5.26 Å². The van der Waals surface area contributed by atoms with E-state index in [9.17, 15) is 0 Å². The van der Waals surface area contributed by atoms with Crippen LogP contribution in [0.25, 0.3) is 0 Å². The van der Waals surface area contributed by atoms with Crippen molar-refractivity contribution in [2.45, 2.75) is 32.3 Å². The highest BCUT2D eigenvalue weighted by molar-refractivity contribution is 9.10. The van der Waals surface area contributed by atoms with Gasteiger partial charge in [0.05, 0.1) is 12.8 Å². The van der Waals surface area contributed by atoms with Gasteiger partial charge < -0.3 is 9.47 Å². The molecule has 0 radical (unpaired) electrons. The lowest BCUT2D eigenvalue weighted by Crippen LogP contribution is -2.06. The Bertz CT molecular complexity index is 840. The van der Waals surface area contributed by atoms with Crippen molar-refractivity contribution in [3.63, 3.8) is 0 Å². The third kappa shape index (κ3) is 4.02. The van der Waals surface area contributed by atoms with Crippen molar-refractivity contribution in [3.05, 3.63) is 57.6 Å². The number of fused-ring (bicyclic) bond motifs is 2. The molecule has 2 aromatic rings. The van der Waals surface area contributed by atoms with Crippen molar-refractivity contribution in [2.24, 2.45) is 4.99 Å². The first-order valence-corrected chi connectivity index (χ1v) is 9.05. The molecule has 2 aromatic carbocycles. The molecule has 25 heavy (non-hydrogen) atoms. The molecule has 0 unspecified atom stereocenters. The summed E-state index contributed by atoms with van der Waals surface area (Å²) in [6, 6.07) is 11.9. The molecule has 1 aliphatic heterocycles. The molecule has 5 heteroatoms. The number of nitrogens with zero attached hydrogens (tertiary/aromatic N) is 2. The summed E-state index contributed by atoms with van der Waals surface area (Å²) < 4.78 is 12.6. The van der Waals surface area contributed by atoms with E-state index in [1.165, 1.54) is 5.56 Å². The molecule has 0 spiro atoms. The van der Waals surface area contributed by atoms with Gasteiger partial charge in [-0.25, -0.2) is 0 Å². The molecule has 1 heterocycles. The maximum atomic E-state index is 9.06. The monoisotopic (exact) mass is 398 g/mol. The lowest BCUT2D eigenvalue weighted by molar-refractivity contribution is 0.303. The highest BCUT2D eigenvalue weighted by atomic mass is 79.9. The summed E-state index contributed by atoms with van der Waals surface area (Å²) in [5.41, 5.74) is 3.98. The molecule has 0 saturated heterocycles. The van der Waals surface area contributed by atoms with Crippen LogP contribution in [0.5, 0.6) is 11.5 Å². The summed E-state index contributed by atoms with van der Waals surface area (Å²) in [7, 11) is 1.70. The Labute approximate surface area is 156 Å². The number of rotatable bonds is 1. The summed E-state index contributed by atoms with van der Waals surface area (Å²) in [4.78, 5) is 4.05. The zero-order valence-electron chi connectivity index (χ0n) is 14.1. The van der Waals surface area contributed by atoms with E-state index in [-0.39, 0.29) is 0 Å². The van der Waals surface area contributed by atoms with Crippen LogP contribution >= 0.6 is 15.9 Å². The summed E-state index contributed by atoms with van der Waals surface area (Å²) in [6.07, 6.45) is 5.54. The number of benzene rings is 2. The Morgan fingerprint density at radius 2 is 2.04 bits per heavy atom. The molecule has 0 aromatic heterocycles. The lowest BCUT2D eigenvalue weighted by Gasteiger charge is -2.15. The van der Waals surface area contributed by atoms with E-state index in [1.54, 1.807) is 7.11 Å². The molecule has 0 amide bonds. The number of halogens is 1. The van der Waals surface area contributed by atoms with Gasteiger partial charge in [0.2, 0.25) is 6.19 Å². The van der Waals surface area contributed by atoms with Crippen LogP contribution in [0.2, 0.25) is 0 Å². The maximum Gasteiger partial charge on any atom is 0.205 e. The number of nitriles is 1. The van der Waals surface area contributed by atoms with Crippen molar-refractivity contribution in [2.75, 3.05) is 7.11 Å². The molecule has 4 nitrogen and oxygen atoms in total. The second-order valence-electron chi connectivity index (χ2n) is 5.89. The Hall–Kier alpha value is -2.32. The van der Waals surface area contributed by atoms with E-state index in [2.05, 4.69) is 27.0 Å². The minimum Gasteiger partial charge on any atom is -0.496 e. The number of hydrogen-bond donors (Lipinski definition) is 0. The van der Waals surface area contributed by atoms with Crippen LogP contribution in [-0.4, -0.2) is 12.8 Å². The molecule has 0 saturated carbocycles. The predicted molar refractivity (Wildman–Crippen MR) is 101 cm³/mol. The molecule has 0 fully saturated rings. The van der Waals surface area contributed by atoms with Crippen molar-refractivity contribution in [1.82, 2.24) is 0 Å². The van der Waals surface area contributed by atoms with Gasteiger partial charge in [0.15, 0.2) is 0 Å². The minimum atomic E-state index is 0.459. The first-order chi connectivity index (χ1) is 12.2. The second kappa shape index (κ2) is 8.17. The van der Waals surface area contributed by atoms with E-state index in [4.69, 9.17) is 14.7 Å². The largest absolute Gasteiger partial charge is 0.496 e. The van der Waals surface area contributed by atoms with Crippen LogP contribution in [0.4, 0.5) is 0 Å². The molecule has 0 N–H and O–H groups in total. The standard InChI is InChI=1S/C20H19BrN2O2/c1-24-19-8-4-5-14-12-25-20-10-9-15(21)11-17(20)18(23-13-22)7-3-2-6-16(14)19/h4-5,8-11H,2-3,6-7,12H2,1H3. The molecular weight excluding hydrogens is 380 g/mol. The zero-order valence-corrected chi connectivity index (χ0v) is 15.7. The van der Waals surface area contributed by atoms with Crippen LogP contribution in [0.1, 0.15) is 36.0 Å². The summed E-state index contributed by atoms with van der Waals surface area (Å²) in [6.45, 7) is 0.459. The normalized spacial score (nSPS) is 16.0. The van der Waals surface area contributed by atoms with E-state index in [1.807, 2.05) is 36.5 Å². The summed E-state index contributed by atoms with van der Waals surface area (Å²) in [5, 5.41) is 9.06. The zero-order chi connectivity index (χ0) is 17.6. The van der Waals surface area contributed by atoms with E-state index in [0.717, 1.165) is 58.5 Å². The van der Waals surface area contributed by atoms with Crippen molar-refractivity contribution < 1.29 is 9.47 Å². The van der Waals surface area contributed by atoms with Crippen molar-refractivity contribution in [3.8, 4) is 17.7 Å². The molecular formula is C20H19BrN2O2. The third-order valence-electron chi connectivity index (χ3n) is 4.36. The van der Waals surface area contributed by atoms with Crippen LogP contribution in [-0.2, 0) is 13.0 Å². The van der Waals surface area contributed by atoms with E-state index < -0.39 is 0 Å². The smallest absolute Gasteiger partial charge is 0.205 e. The first-order valence-electron chi connectivity index (χ1n) is 8.26. The highest BCUT2D eigenvalue weighted by Gasteiger charge is 2.16. The molecule has 0 bridgehead atoms. The summed E-state index contributed by atoms with van der Waals surface area (Å²) in [5.74, 6) is 1.65. The van der Waals surface area contributed by atoms with E-state index >= 15 is 0 Å². The fourth-order valence-corrected chi connectivity index (χ4v) is 3.50. The molecule has 3 rings (SSSR count). The third-order valence-corrected chi connectivity index (χ3v) is 4.85. The second-order valence-corrected chi connectivity index (χ2v) is 6.81.